The van der Waals surface area contributed by atoms with Gasteiger partial charge >= 0.3 is 0 Å². The Morgan fingerprint density at radius 1 is 1.03 bits per heavy atom. The van der Waals surface area contributed by atoms with Gasteiger partial charge in [0.25, 0.3) is 0 Å². The largest absolute Gasteiger partial charge is 0.352 e. The Bertz CT molecular complexity index is 1710. The quantitative estimate of drug-likeness (QED) is 0.346. The molecule has 0 aromatic carbocycles. The van der Waals surface area contributed by atoms with Crippen LogP contribution in [0.1, 0.15) is 0 Å². The van der Waals surface area contributed by atoms with Crippen molar-refractivity contribution in [3.05, 3.63) is 60.3 Å². The maximum absolute atomic E-state index is 13.7. The molecule has 7 rings (SSSR count). The van der Waals surface area contributed by atoms with Crippen molar-refractivity contribution in [2.75, 3.05) is 18.0 Å². The van der Waals surface area contributed by atoms with E-state index in [0.717, 1.165) is 68.4 Å². The molecule has 0 unspecified atom stereocenters. The third kappa shape index (κ3) is 3.35. The first kappa shape index (κ1) is 20.2. The highest BCUT2D eigenvalue weighted by atomic mass is 32.1. The van der Waals surface area contributed by atoms with E-state index in [1.165, 1.54) is 6.07 Å². The SMILES string of the molecule is NC1CN(c2cncc(-c3cc4c(-c5cc6c(-c7ccc(F)s7)ccnc6[nH]5)n[nH]c4cn3)n2)C1. The van der Waals surface area contributed by atoms with E-state index in [1.54, 1.807) is 30.9 Å². The number of halogens is 1. The molecule has 9 nitrogen and oxygen atoms in total. The van der Waals surface area contributed by atoms with Crippen molar-refractivity contribution in [3.8, 4) is 33.2 Å². The summed E-state index contributed by atoms with van der Waals surface area (Å²) in [4.78, 5) is 24.4. The van der Waals surface area contributed by atoms with Gasteiger partial charge in [-0.2, -0.15) is 9.49 Å². The molecule has 1 aliphatic rings. The number of rotatable bonds is 4. The second-order valence-corrected chi connectivity index (χ2v) is 9.56. The number of nitrogens with two attached hydrogens (primary N) is 1. The highest BCUT2D eigenvalue weighted by Crippen LogP contribution is 2.36. The van der Waals surface area contributed by atoms with Crippen molar-refractivity contribution in [3.63, 3.8) is 0 Å². The number of nitrogens with zero attached hydrogens (tertiary/aromatic N) is 6. The molecule has 1 aliphatic heterocycles. The third-order valence-electron chi connectivity index (χ3n) is 6.19. The number of aromatic nitrogens is 7. The zero-order valence-corrected chi connectivity index (χ0v) is 19.1. The van der Waals surface area contributed by atoms with Crippen molar-refractivity contribution in [1.29, 1.82) is 0 Å². The number of anilines is 1. The summed E-state index contributed by atoms with van der Waals surface area (Å²) in [5, 5.41) is 9.17. The molecule has 1 saturated heterocycles. The number of hydrogen-bond acceptors (Lipinski definition) is 8. The number of hydrogen-bond donors (Lipinski definition) is 3. The molecule has 0 amide bonds. The Hall–Kier alpha value is -4.22. The third-order valence-corrected chi connectivity index (χ3v) is 7.10. The molecule has 1 fully saturated rings. The van der Waals surface area contributed by atoms with Crippen LogP contribution in [0.3, 0.4) is 0 Å². The van der Waals surface area contributed by atoms with Gasteiger partial charge in [0.05, 0.1) is 35.5 Å². The van der Waals surface area contributed by atoms with Crippen molar-refractivity contribution >= 4 is 39.1 Å². The van der Waals surface area contributed by atoms with E-state index in [9.17, 15) is 4.39 Å². The Balaban J connectivity index is 1.31. The van der Waals surface area contributed by atoms with E-state index in [2.05, 4.69) is 35.0 Å². The van der Waals surface area contributed by atoms with Gasteiger partial charge in [0.1, 0.15) is 22.9 Å². The van der Waals surface area contributed by atoms with Gasteiger partial charge in [-0.1, -0.05) is 0 Å². The number of aromatic amines is 2. The average Bonchev–Trinajstić information content (AvgIpc) is 3.59. The maximum atomic E-state index is 13.7. The van der Waals surface area contributed by atoms with Gasteiger partial charge in [-0.15, -0.1) is 11.3 Å². The van der Waals surface area contributed by atoms with Crippen LogP contribution in [0.5, 0.6) is 0 Å². The molecule has 11 heteroatoms. The van der Waals surface area contributed by atoms with Gasteiger partial charge in [-0.25, -0.2) is 9.97 Å². The summed E-state index contributed by atoms with van der Waals surface area (Å²) in [7, 11) is 0. The normalized spacial score (nSPS) is 14.2. The first-order valence-corrected chi connectivity index (χ1v) is 11.8. The lowest BCUT2D eigenvalue weighted by Crippen LogP contribution is -2.56. The van der Waals surface area contributed by atoms with Crippen LogP contribution in [0.15, 0.2) is 55.1 Å². The average molecular weight is 484 g/mol. The van der Waals surface area contributed by atoms with E-state index in [4.69, 9.17) is 10.7 Å². The molecule has 4 N–H and O–H groups in total. The van der Waals surface area contributed by atoms with Crippen LogP contribution in [0.25, 0.3) is 55.2 Å². The molecule has 6 aromatic rings. The summed E-state index contributed by atoms with van der Waals surface area (Å²) in [6, 6.07) is 9.29. The van der Waals surface area contributed by atoms with Gasteiger partial charge in [0.2, 0.25) is 0 Å². The topological polar surface area (TPSA) is 125 Å². The summed E-state index contributed by atoms with van der Waals surface area (Å²) in [6.07, 6.45) is 6.91. The molecule has 0 aliphatic carbocycles. The molecule has 0 spiro atoms. The fourth-order valence-electron chi connectivity index (χ4n) is 4.42. The van der Waals surface area contributed by atoms with Crippen LogP contribution in [-0.4, -0.2) is 54.2 Å². The Morgan fingerprint density at radius 3 is 2.77 bits per heavy atom. The lowest BCUT2D eigenvalue weighted by atomic mass is 10.1. The zero-order chi connectivity index (χ0) is 23.5. The molecule has 6 aromatic heterocycles. The summed E-state index contributed by atoms with van der Waals surface area (Å²) >= 11 is 1.11. The highest BCUT2D eigenvalue weighted by Gasteiger charge is 2.25. The van der Waals surface area contributed by atoms with Crippen LogP contribution >= 0.6 is 11.3 Å². The molecule has 0 radical (unpaired) electrons. The number of H-pyrrole nitrogens is 2. The number of pyridine rings is 2. The van der Waals surface area contributed by atoms with Crippen LogP contribution in [0.2, 0.25) is 0 Å². The zero-order valence-electron chi connectivity index (χ0n) is 18.2. The van der Waals surface area contributed by atoms with Crippen molar-refractivity contribution in [2.45, 2.75) is 6.04 Å². The molecule has 35 heavy (non-hydrogen) atoms. The Kier molecular flexibility index (Phi) is 4.41. The molecule has 0 saturated carbocycles. The van der Waals surface area contributed by atoms with E-state index in [0.29, 0.717) is 17.0 Å². The second-order valence-electron chi connectivity index (χ2n) is 8.52. The summed E-state index contributed by atoms with van der Waals surface area (Å²) < 4.78 is 13.7. The van der Waals surface area contributed by atoms with E-state index in [1.807, 2.05) is 18.2 Å². The predicted molar refractivity (Wildman–Crippen MR) is 133 cm³/mol. The maximum Gasteiger partial charge on any atom is 0.176 e. The molecule has 0 bridgehead atoms. The van der Waals surface area contributed by atoms with Crippen LogP contribution in [-0.2, 0) is 0 Å². The standard InChI is InChI=1S/C24H18FN9S/c25-21-2-1-20(35-21)13-3-4-28-24-14(13)5-17(31-24)23-15-6-16(29-8-18(15)32-33-23)19-7-27-9-22(30-19)34-10-12(26)11-34/h1-9,12H,10-11,26H2,(H,28,31)(H,32,33). The van der Waals surface area contributed by atoms with Crippen LogP contribution < -0.4 is 10.6 Å². The van der Waals surface area contributed by atoms with Gasteiger partial charge in [-0.05, 0) is 30.3 Å². The molecule has 7 heterocycles. The van der Waals surface area contributed by atoms with E-state index in [-0.39, 0.29) is 11.2 Å². The molecule has 0 atom stereocenters. The number of nitrogens with one attached hydrogen (secondary N) is 2. The first-order valence-electron chi connectivity index (χ1n) is 11.0. The number of thiophene rings is 1. The molecular weight excluding hydrogens is 465 g/mol. The van der Waals surface area contributed by atoms with E-state index < -0.39 is 0 Å². The Morgan fingerprint density at radius 2 is 1.94 bits per heavy atom. The van der Waals surface area contributed by atoms with Crippen molar-refractivity contribution < 1.29 is 4.39 Å². The fraction of sp³-hybridized carbons (Fsp3) is 0.125. The first-order chi connectivity index (χ1) is 17.1. The van der Waals surface area contributed by atoms with Crippen molar-refractivity contribution in [1.82, 2.24) is 35.1 Å². The summed E-state index contributed by atoms with van der Waals surface area (Å²) in [6.45, 7) is 1.54. The molecular formula is C24H18FN9S. The lowest BCUT2D eigenvalue weighted by molar-refractivity contribution is 0.514. The van der Waals surface area contributed by atoms with Gasteiger partial charge in [-0.3, -0.25) is 15.1 Å². The Labute approximate surface area is 201 Å². The van der Waals surface area contributed by atoms with Gasteiger partial charge in [0, 0.05) is 46.5 Å². The minimum atomic E-state index is -0.219. The van der Waals surface area contributed by atoms with Gasteiger partial charge < -0.3 is 15.6 Å². The number of fused-ring (bicyclic) bond motifs is 2. The minimum absolute atomic E-state index is 0.175. The minimum Gasteiger partial charge on any atom is -0.352 e. The van der Waals surface area contributed by atoms with Gasteiger partial charge in [0.15, 0.2) is 5.13 Å². The molecule has 172 valence electrons. The predicted octanol–water partition coefficient (Wildman–Crippen LogP) is 3.97. The van der Waals surface area contributed by atoms with Crippen LogP contribution in [0, 0.1) is 5.13 Å². The lowest BCUT2D eigenvalue weighted by Gasteiger charge is -2.37. The van der Waals surface area contributed by atoms with Crippen molar-refractivity contribution in [2.24, 2.45) is 5.73 Å². The van der Waals surface area contributed by atoms with E-state index >= 15 is 0 Å². The second kappa shape index (κ2) is 7.65. The smallest absolute Gasteiger partial charge is 0.176 e. The van der Waals surface area contributed by atoms with Crippen LogP contribution in [0.4, 0.5) is 10.2 Å². The monoisotopic (exact) mass is 483 g/mol. The summed E-state index contributed by atoms with van der Waals surface area (Å²) in [5.41, 5.74) is 11.3. The summed E-state index contributed by atoms with van der Waals surface area (Å²) in [5.74, 6) is 0.790. The highest BCUT2D eigenvalue weighted by molar-refractivity contribution is 7.14. The fourth-order valence-corrected chi connectivity index (χ4v) is 5.19.